The van der Waals surface area contributed by atoms with Gasteiger partial charge in [0.1, 0.15) is 0 Å². The zero-order valence-electron chi connectivity index (χ0n) is 12.6. The van der Waals surface area contributed by atoms with Crippen LogP contribution in [0.4, 0.5) is 5.95 Å². The van der Waals surface area contributed by atoms with Gasteiger partial charge in [0.15, 0.2) is 11.6 Å². The lowest BCUT2D eigenvalue weighted by Gasteiger charge is -2.30. The van der Waals surface area contributed by atoms with Crippen molar-refractivity contribution in [3.63, 3.8) is 0 Å². The normalized spacial score (nSPS) is 16.5. The van der Waals surface area contributed by atoms with Crippen LogP contribution in [0.3, 0.4) is 0 Å². The van der Waals surface area contributed by atoms with Crippen LogP contribution >= 0.6 is 46.4 Å². The van der Waals surface area contributed by atoms with Gasteiger partial charge in [-0.3, -0.25) is 0 Å². The molecule has 0 spiro atoms. The van der Waals surface area contributed by atoms with E-state index in [1.807, 2.05) is 17.0 Å². The molecular weight excluding hydrogens is 392 g/mol. The Kier molecular flexibility index (Phi) is 5.37. The number of hydrogen-bond acceptors (Lipinski definition) is 5. The van der Waals surface area contributed by atoms with Crippen molar-refractivity contribution in [2.75, 3.05) is 18.0 Å². The summed E-state index contributed by atoms with van der Waals surface area (Å²) in [5, 5.41) is 0.625. The van der Waals surface area contributed by atoms with Crippen LogP contribution in [0.25, 0.3) is 11.4 Å². The summed E-state index contributed by atoms with van der Waals surface area (Å²) in [6.07, 6.45) is 1.73. The Labute approximate surface area is 160 Å². The highest BCUT2D eigenvalue weighted by Gasteiger charge is 2.30. The number of hydrogen-bond donors (Lipinski definition) is 1. The molecule has 0 unspecified atom stereocenters. The highest BCUT2D eigenvalue weighted by Crippen LogP contribution is 2.37. The maximum atomic E-state index is 6.00. The van der Waals surface area contributed by atoms with E-state index in [0.29, 0.717) is 16.8 Å². The summed E-state index contributed by atoms with van der Waals surface area (Å²) < 4.78 is -1.73. The molecule has 3 rings (SSSR count). The van der Waals surface area contributed by atoms with Crippen molar-refractivity contribution < 1.29 is 0 Å². The predicted octanol–water partition coefficient (Wildman–Crippen LogP) is 3.95. The molecule has 1 saturated heterocycles. The number of aromatic nitrogens is 3. The molecule has 0 amide bonds. The third-order valence-corrected chi connectivity index (χ3v) is 4.56. The van der Waals surface area contributed by atoms with Crippen LogP contribution in [0.1, 0.15) is 18.7 Å². The standard InChI is InChI=1S/C15H15Cl4N5/c16-10-3-1-9(2-4-10)12-21-13(15(17,18)19)23-14(22-12)24-7-5-11(20)6-8-24/h1-4,11H,5-8,20H2. The van der Waals surface area contributed by atoms with Gasteiger partial charge in [0.25, 0.3) is 0 Å². The van der Waals surface area contributed by atoms with Crippen molar-refractivity contribution in [3.8, 4) is 11.4 Å². The van der Waals surface area contributed by atoms with Crippen LogP contribution in [-0.2, 0) is 3.79 Å². The quantitative estimate of drug-likeness (QED) is 0.764. The highest BCUT2D eigenvalue weighted by molar-refractivity contribution is 6.66. The third kappa shape index (κ3) is 4.21. The van der Waals surface area contributed by atoms with E-state index < -0.39 is 3.79 Å². The molecule has 0 aliphatic carbocycles. The summed E-state index contributed by atoms with van der Waals surface area (Å²) >= 11 is 23.9. The Hall–Kier alpha value is -0.850. The zero-order chi connectivity index (χ0) is 17.3. The number of nitrogens with two attached hydrogens (primary N) is 1. The predicted molar refractivity (Wildman–Crippen MR) is 98.9 cm³/mol. The van der Waals surface area contributed by atoms with E-state index in [1.54, 1.807) is 12.1 Å². The van der Waals surface area contributed by atoms with Crippen molar-refractivity contribution in [2.45, 2.75) is 22.7 Å². The Bertz CT molecular complexity index is 709. The second-order valence-corrected chi connectivity index (χ2v) is 8.33. The van der Waals surface area contributed by atoms with Gasteiger partial charge in [-0.15, -0.1) is 0 Å². The fourth-order valence-electron chi connectivity index (χ4n) is 2.46. The molecule has 2 aromatic rings. The first kappa shape index (κ1) is 18.0. The van der Waals surface area contributed by atoms with Crippen LogP contribution in [0.5, 0.6) is 0 Å². The first-order valence-electron chi connectivity index (χ1n) is 7.42. The van der Waals surface area contributed by atoms with Gasteiger partial charge in [-0.2, -0.15) is 9.97 Å². The second kappa shape index (κ2) is 7.18. The second-order valence-electron chi connectivity index (χ2n) is 5.61. The Balaban J connectivity index is 2.02. The number of nitrogens with zero attached hydrogens (tertiary/aromatic N) is 4. The maximum absolute atomic E-state index is 6.00. The third-order valence-electron chi connectivity index (χ3n) is 3.80. The summed E-state index contributed by atoms with van der Waals surface area (Å²) in [5.41, 5.74) is 6.72. The number of benzene rings is 1. The van der Waals surface area contributed by atoms with Crippen molar-refractivity contribution in [1.82, 2.24) is 15.0 Å². The molecule has 2 N–H and O–H groups in total. The van der Waals surface area contributed by atoms with Crippen LogP contribution in [0, 0.1) is 0 Å². The van der Waals surface area contributed by atoms with E-state index in [4.69, 9.17) is 52.1 Å². The highest BCUT2D eigenvalue weighted by atomic mass is 35.6. The molecule has 0 saturated carbocycles. The first-order chi connectivity index (χ1) is 11.3. The Morgan fingerprint density at radius 2 is 1.62 bits per heavy atom. The number of rotatable bonds is 2. The van der Waals surface area contributed by atoms with Gasteiger partial charge in [0, 0.05) is 29.7 Å². The lowest BCUT2D eigenvalue weighted by molar-refractivity contribution is 0.494. The summed E-state index contributed by atoms with van der Waals surface area (Å²) in [6, 6.07) is 7.35. The molecule has 1 aromatic carbocycles. The SMILES string of the molecule is NC1CCN(c2nc(-c3ccc(Cl)cc3)nc(C(Cl)(Cl)Cl)n2)CC1. The van der Waals surface area contributed by atoms with E-state index in [2.05, 4.69) is 15.0 Å². The molecule has 1 aromatic heterocycles. The number of alkyl halides is 3. The van der Waals surface area contributed by atoms with E-state index in [0.717, 1.165) is 31.5 Å². The number of halogens is 4. The molecule has 9 heteroatoms. The molecule has 2 heterocycles. The number of piperidine rings is 1. The average molecular weight is 407 g/mol. The smallest absolute Gasteiger partial charge is 0.250 e. The van der Waals surface area contributed by atoms with Gasteiger partial charge in [0.2, 0.25) is 9.74 Å². The lowest BCUT2D eigenvalue weighted by Crippen LogP contribution is -2.40. The Morgan fingerprint density at radius 1 is 1.00 bits per heavy atom. The van der Waals surface area contributed by atoms with Gasteiger partial charge >= 0.3 is 0 Å². The molecular formula is C15H15Cl4N5. The zero-order valence-corrected chi connectivity index (χ0v) is 15.6. The van der Waals surface area contributed by atoms with E-state index in [1.165, 1.54) is 0 Å². The largest absolute Gasteiger partial charge is 0.341 e. The minimum absolute atomic E-state index is 0.0947. The Morgan fingerprint density at radius 3 is 2.21 bits per heavy atom. The lowest BCUT2D eigenvalue weighted by atomic mass is 10.1. The molecule has 1 aliphatic heterocycles. The van der Waals surface area contributed by atoms with E-state index >= 15 is 0 Å². The molecule has 5 nitrogen and oxygen atoms in total. The van der Waals surface area contributed by atoms with Crippen LogP contribution in [0.2, 0.25) is 5.02 Å². The molecule has 0 bridgehead atoms. The van der Waals surface area contributed by atoms with Crippen molar-refractivity contribution in [1.29, 1.82) is 0 Å². The van der Waals surface area contributed by atoms with Crippen LogP contribution in [0.15, 0.2) is 24.3 Å². The van der Waals surface area contributed by atoms with Gasteiger partial charge in [0.05, 0.1) is 0 Å². The monoisotopic (exact) mass is 405 g/mol. The van der Waals surface area contributed by atoms with E-state index in [9.17, 15) is 0 Å². The molecule has 0 radical (unpaired) electrons. The molecule has 1 fully saturated rings. The van der Waals surface area contributed by atoms with Gasteiger partial charge in [-0.25, -0.2) is 4.98 Å². The molecule has 24 heavy (non-hydrogen) atoms. The van der Waals surface area contributed by atoms with E-state index in [-0.39, 0.29) is 11.9 Å². The fourth-order valence-corrected chi connectivity index (χ4v) is 2.84. The average Bonchev–Trinajstić information content (AvgIpc) is 2.55. The van der Waals surface area contributed by atoms with Crippen molar-refractivity contribution in [3.05, 3.63) is 35.1 Å². The van der Waals surface area contributed by atoms with Crippen molar-refractivity contribution in [2.24, 2.45) is 5.73 Å². The summed E-state index contributed by atoms with van der Waals surface area (Å²) in [7, 11) is 0. The molecule has 1 aliphatic rings. The van der Waals surface area contributed by atoms with Gasteiger partial charge < -0.3 is 10.6 Å². The van der Waals surface area contributed by atoms with Crippen LogP contribution < -0.4 is 10.6 Å². The maximum Gasteiger partial charge on any atom is 0.250 e. The summed E-state index contributed by atoms with van der Waals surface area (Å²) in [5.74, 6) is 1.02. The molecule has 128 valence electrons. The van der Waals surface area contributed by atoms with Crippen molar-refractivity contribution >= 4 is 52.4 Å². The number of anilines is 1. The minimum Gasteiger partial charge on any atom is -0.341 e. The minimum atomic E-state index is -1.73. The summed E-state index contributed by atoms with van der Waals surface area (Å²) in [6.45, 7) is 1.51. The van der Waals surface area contributed by atoms with Gasteiger partial charge in [-0.1, -0.05) is 46.4 Å². The van der Waals surface area contributed by atoms with Crippen LogP contribution in [-0.4, -0.2) is 34.1 Å². The first-order valence-corrected chi connectivity index (χ1v) is 8.94. The molecule has 0 atom stereocenters. The fraction of sp³-hybridized carbons (Fsp3) is 0.400. The topological polar surface area (TPSA) is 67.9 Å². The van der Waals surface area contributed by atoms with Gasteiger partial charge in [-0.05, 0) is 37.1 Å². The summed E-state index contributed by atoms with van der Waals surface area (Å²) in [4.78, 5) is 15.2.